The molecule has 0 fully saturated rings. The minimum atomic E-state index is -2.47. The number of imidazole rings is 1. The molecule has 1 aromatic heterocycles. The SMILES string of the molecule is O=C(O)C1CCCc2[nH]c(CCOCC(F)F)nc21. The van der Waals surface area contributed by atoms with Crippen molar-refractivity contribution in [1.29, 1.82) is 0 Å². The van der Waals surface area contributed by atoms with Crippen LogP contribution in [0.3, 0.4) is 0 Å². The van der Waals surface area contributed by atoms with Crippen LogP contribution in [0.2, 0.25) is 0 Å². The molecular weight excluding hydrogens is 258 g/mol. The highest BCUT2D eigenvalue weighted by atomic mass is 19.3. The van der Waals surface area contributed by atoms with E-state index in [1.165, 1.54) is 0 Å². The Bertz CT molecular complexity index is 448. The van der Waals surface area contributed by atoms with Gasteiger partial charge in [-0.2, -0.15) is 0 Å². The second-order valence-electron chi connectivity index (χ2n) is 4.55. The molecule has 1 atom stereocenters. The predicted molar refractivity (Wildman–Crippen MR) is 62.4 cm³/mol. The van der Waals surface area contributed by atoms with E-state index in [1.807, 2.05) is 0 Å². The highest BCUT2D eigenvalue weighted by molar-refractivity contribution is 5.76. The van der Waals surface area contributed by atoms with Gasteiger partial charge in [0.25, 0.3) is 6.43 Å². The molecule has 1 heterocycles. The number of rotatable bonds is 6. The van der Waals surface area contributed by atoms with Crippen LogP contribution in [0.25, 0.3) is 0 Å². The van der Waals surface area contributed by atoms with Crippen molar-refractivity contribution in [2.24, 2.45) is 0 Å². The number of carboxylic acid groups (broad SMARTS) is 1. The van der Waals surface area contributed by atoms with Gasteiger partial charge in [-0.1, -0.05) is 0 Å². The molecule has 0 saturated heterocycles. The first-order chi connectivity index (χ1) is 9.08. The third-order valence-electron chi connectivity index (χ3n) is 3.13. The Morgan fingerprint density at radius 3 is 3.05 bits per heavy atom. The average Bonchev–Trinajstić information content (AvgIpc) is 2.76. The van der Waals surface area contributed by atoms with Crippen molar-refractivity contribution >= 4 is 5.97 Å². The van der Waals surface area contributed by atoms with Crippen LogP contribution in [0.5, 0.6) is 0 Å². The van der Waals surface area contributed by atoms with Crippen LogP contribution in [0.15, 0.2) is 0 Å². The molecule has 1 unspecified atom stereocenters. The van der Waals surface area contributed by atoms with E-state index in [0.717, 1.165) is 18.5 Å². The Kier molecular flexibility index (Phi) is 4.47. The summed E-state index contributed by atoms with van der Waals surface area (Å²) in [6.45, 7) is -0.438. The van der Waals surface area contributed by atoms with Crippen molar-refractivity contribution in [2.75, 3.05) is 13.2 Å². The number of nitrogens with zero attached hydrogens (tertiary/aromatic N) is 1. The number of nitrogens with one attached hydrogen (secondary N) is 1. The van der Waals surface area contributed by atoms with Gasteiger partial charge in [0.15, 0.2) is 0 Å². The monoisotopic (exact) mass is 274 g/mol. The minimum absolute atomic E-state index is 0.147. The lowest BCUT2D eigenvalue weighted by Gasteiger charge is -2.16. The van der Waals surface area contributed by atoms with Gasteiger partial charge in [-0.05, 0) is 19.3 Å². The van der Waals surface area contributed by atoms with Gasteiger partial charge in [0, 0.05) is 12.1 Å². The van der Waals surface area contributed by atoms with E-state index in [4.69, 9.17) is 9.84 Å². The highest BCUT2D eigenvalue weighted by Gasteiger charge is 2.29. The Hall–Kier alpha value is -1.50. The van der Waals surface area contributed by atoms with Gasteiger partial charge in [-0.15, -0.1) is 0 Å². The standard InChI is InChI=1S/C12H16F2N2O3/c13-9(14)6-19-5-4-10-15-8-3-1-2-7(12(17)18)11(8)16-10/h7,9H,1-6H2,(H,15,16)(H,17,18). The summed E-state index contributed by atoms with van der Waals surface area (Å²) in [4.78, 5) is 18.4. The minimum Gasteiger partial charge on any atom is -0.481 e. The number of fused-ring (bicyclic) bond motifs is 1. The summed E-state index contributed by atoms with van der Waals surface area (Å²) < 4.78 is 28.5. The third kappa shape index (κ3) is 3.50. The zero-order valence-corrected chi connectivity index (χ0v) is 10.4. The second kappa shape index (κ2) is 6.10. The molecular formula is C12H16F2N2O3. The highest BCUT2D eigenvalue weighted by Crippen LogP contribution is 2.30. The molecule has 0 saturated carbocycles. The number of carbonyl (C=O) groups is 1. The number of ether oxygens (including phenoxy) is 1. The number of halogens is 2. The van der Waals surface area contributed by atoms with E-state index < -0.39 is 24.9 Å². The first kappa shape index (κ1) is 13.9. The molecule has 0 aliphatic heterocycles. The zero-order chi connectivity index (χ0) is 13.8. The molecule has 2 rings (SSSR count). The summed E-state index contributed by atoms with van der Waals surface area (Å²) in [6.07, 6.45) is 0.0964. The number of hydrogen-bond donors (Lipinski definition) is 2. The van der Waals surface area contributed by atoms with Crippen LogP contribution in [-0.2, 0) is 22.4 Å². The smallest absolute Gasteiger partial charge is 0.312 e. The van der Waals surface area contributed by atoms with Crippen molar-refractivity contribution in [2.45, 2.75) is 38.0 Å². The normalized spacial score (nSPS) is 18.6. The maximum Gasteiger partial charge on any atom is 0.312 e. The first-order valence-electron chi connectivity index (χ1n) is 6.24. The number of H-pyrrole nitrogens is 1. The van der Waals surface area contributed by atoms with Gasteiger partial charge in [0.05, 0.1) is 12.3 Å². The number of carboxylic acids is 1. The summed E-state index contributed by atoms with van der Waals surface area (Å²) >= 11 is 0. The van der Waals surface area contributed by atoms with Crippen molar-refractivity contribution in [3.63, 3.8) is 0 Å². The number of aryl methyl sites for hydroxylation is 1. The maximum atomic E-state index is 11.9. The molecule has 19 heavy (non-hydrogen) atoms. The lowest BCUT2D eigenvalue weighted by molar-refractivity contribution is -0.139. The summed E-state index contributed by atoms with van der Waals surface area (Å²) in [6, 6.07) is 0. The van der Waals surface area contributed by atoms with E-state index in [2.05, 4.69) is 9.97 Å². The Balaban J connectivity index is 1.95. The molecule has 1 aliphatic rings. The van der Waals surface area contributed by atoms with Crippen molar-refractivity contribution in [1.82, 2.24) is 9.97 Å². The molecule has 1 aromatic rings. The molecule has 106 valence electrons. The van der Waals surface area contributed by atoms with Gasteiger partial charge in [0.1, 0.15) is 18.3 Å². The molecule has 7 heteroatoms. The summed E-state index contributed by atoms with van der Waals surface area (Å²) in [5.74, 6) is -0.823. The molecule has 0 aromatic carbocycles. The number of alkyl halides is 2. The Morgan fingerprint density at radius 1 is 1.58 bits per heavy atom. The molecule has 5 nitrogen and oxygen atoms in total. The van der Waals surface area contributed by atoms with Crippen LogP contribution in [0.4, 0.5) is 8.78 Å². The van der Waals surface area contributed by atoms with Crippen LogP contribution >= 0.6 is 0 Å². The third-order valence-corrected chi connectivity index (χ3v) is 3.13. The fraction of sp³-hybridized carbons (Fsp3) is 0.667. The summed E-state index contributed by atoms with van der Waals surface area (Å²) in [5, 5.41) is 9.11. The molecule has 0 radical (unpaired) electrons. The summed E-state index contributed by atoms with van der Waals surface area (Å²) in [5.41, 5.74) is 1.44. The first-order valence-corrected chi connectivity index (χ1v) is 6.24. The number of aromatic amines is 1. The lowest BCUT2D eigenvalue weighted by atomic mass is 9.90. The molecule has 0 bridgehead atoms. The number of hydrogen-bond acceptors (Lipinski definition) is 3. The fourth-order valence-electron chi connectivity index (χ4n) is 2.28. The van der Waals surface area contributed by atoms with Crippen molar-refractivity contribution in [3.8, 4) is 0 Å². The molecule has 0 amide bonds. The predicted octanol–water partition coefficient (Wildman–Crippen LogP) is 1.74. The summed E-state index contributed by atoms with van der Waals surface area (Å²) in [7, 11) is 0. The van der Waals surface area contributed by atoms with Gasteiger partial charge in [-0.3, -0.25) is 4.79 Å². The number of aliphatic carboxylic acids is 1. The van der Waals surface area contributed by atoms with E-state index in [9.17, 15) is 13.6 Å². The molecule has 0 spiro atoms. The number of aromatic nitrogens is 2. The van der Waals surface area contributed by atoms with Crippen LogP contribution < -0.4 is 0 Å². The van der Waals surface area contributed by atoms with E-state index in [-0.39, 0.29) is 6.61 Å². The second-order valence-corrected chi connectivity index (χ2v) is 4.55. The lowest BCUT2D eigenvalue weighted by Crippen LogP contribution is -2.17. The van der Waals surface area contributed by atoms with Gasteiger partial charge in [-0.25, -0.2) is 13.8 Å². The van der Waals surface area contributed by atoms with Crippen LogP contribution in [0, 0.1) is 0 Å². The van der Waals surface area contributed by atoms with Crippen molar-refractivity contribution < 1.29 is 23.4 Å². The van der Waals surface area contributed by atoms with E-state index in [0.29, 0.717) is 24.4 Å². The quantitative estimate of drug-likeness (QED) is 0.775. The van der Waals surface area contributed by atoms with E-state index >= 15 is 0 Å². The zero-order valence-electron chi connectivity index (χ0n) is 10.4. The molecule has 2 N–H and O–H groups in total. The molecule has 1 aliphatic carbocycles. The van der Waals surface area contributed by atoms with E-state index in [1.54, 1.807) is 0 Å². The fourth-order valence-corrected chi connectivity index (χ4v) is 2.28. The largest absolute Gasteiger partial charge is 0.481 e. The van der Waals surface area contributed by atoms with Gasteiger partial charge >= 0.3 is 5.97 Å². The topological polar surface area (TPSA) is 75.2 Å². The Morgan fingerprint density at radius 2 is 2.37 bits per heavy atom. The maximum absolute atomic E-state index is 11.9. The van der Waals surface area contributed by atoms with Crippen LogP contribution in [-0.4, -0.2) is 40.7 Å². The van der Waals surface area contributed by atoms with Crippen molar-refractivity contribution in [3.05, 3.63) is 17.2 Å². The van der Waals surface area contributed by atoms with Crippen LogP contribution in [0.1, 0.15) is 36.0 Å². The Labute approximate surface area is 109 Å². The van der Waals surface area contributed by atoms with Gasteiger partial charge in [0.2, 0.25) is 0 Å². The van der Waals surface area contributed by atoms with Gasteiger partial charge < -0.3 is 14.8 Å². The average molecular weight is 274 g/mol.